The molecule has 174 valence electrons. The van der Waals surface area contributed by atoms with E-state index in [2.05, 4.69) is 10.4 Å². The standard InChI is InChI=1S/C21H19F3N4O4S/c1-11-8-14(33(25,31)32)10-16(13(11)3)26-20(30)19-18(29)9-12(2)28(27-19)17-7-5-4-6-15(17)21(22,23)24/h4-10H,1-3H3,(H,26,30)(H2,25,31,32). The van der Waals surface area contributed by atoms with Crippen molar-refractivity contribution in [3.8, 4) is 5.69 Å². The number of benzene rings is 2. The first-order valence-corrected chi connectivity index (χ1v) is 11.0. The number of carbonyl (C=O) groups is 1. The third-order valence-electron chi connectivity index (χ3n) is 4.98. The Morgan fingerprint density at radius 1 is 1.09 bits per heavy atom. The van der Waals surface area contributed by atoms with Crippen LogP contribution in [0.15, 0.2) is 52.2 Å². The Labute approximate surface area is 186 Å². The summed E-state index contributed by atoms with van der Waals surface area (Å²) < 4.78 is 64.7. The van der Waals surface area contributed by atoms with Gasteiger partial charge in [0.05, 0.1) is 16.1 Å². The van der Waals surface area contributed by atoms with Crippen LogP contribution in [0.5, 0.6) is 0 Å². The Bertz CT molecular complexity index is 1430. The average Bonchev–Trinajstić information content (AvgIpc) is 2.69. The van der Waals surface area contributed by atoms with E-state index in [1.807, 2.05) is 0 Å². The smallest absolute Gasteiger partial charge is 0.320 e. The second-order valence-corrected chi connectivity index (χ2v) is 8.90. The quantitative estimate of drug-likeness (QED) is 0.594. The highest BCUT2D eigenvalue weighted by atomic mass is 32.2. The normalized spacial score (nSPS) is 12.0. The van der Waals surface area contributed by atoms with Crippen LogP contribution in [0, 0.1) is 20.8 Å². The Balaban J connectivity index is 2.11. The van der Waals surface area contributed by atoms with Gasteiger partial charge in [-0.25, -0.2) is 18.2 Å². The number of anilines is 1. The molecule has 33 heavy (non-hydrogen) atoms. The summed E-state index contributed by atoms with van der Waals surface area (Å²) in [6, 6.07) is 8.05. The molecule has 2 aromatic carbocycles. The number of hydrogen-bond donors (Lipinski definition) is 2. The summed E-state index contributed by atoms with van der Waals surface area (Å²) in [6.07, 6.45) is -4.70. The highest BCUT2D eigenvalue weighted by Crippen LogP contribution is 2.33. The zero-order valence-electron chi connectivity index (χ0n) is 17.7. The molecule has 3 rings (SSSR count). The third kappa shape index (κ3) is 4.96. The second-order valence-electron chi connectivity index (χ2n) is 7.34. The maximum atomic E-state index is 13.5. The first-order chi connectivity index (χ1) is 15.2. The number of alkyl halides is 3. The maximum absolute atomic E-state index is 13.5. The van der Waals surface area contributed by atoms with E-state index in [0.717, 1.165) is 28.9 Å². The Morgan fingerprint density at radius 3 is 2.33 bits per heavy atom. The number of sulfonamides is 1. The lowest BCUT2D eigenvalue weighted by Crippen LogP contribution is -2.28. The molecule has 0 atom stereocenters. The van der Waals surface area contributed by atoms with Crippen molar-refractivity contribution >= 4 is 21.6 Å². The molecule has 0 spiro atoms. The van der Waals surface area contributed by atoms with Gasteiger partial charge in [0.25, 0.3) is 5.91 Å². The zero-order chi connectivity index (χ0) is 24.7. The molecule has 0 saturated carbocycles. The number of aryl methyl sites for hydroxylation is 2. The zero-order valence-corrected chi connectivity index (χ0v) is 18.5. The predicted octanol–water partition coefficient (Wildman–Crippen LogP) is 3.08. The molecule has 3 N–H and O–H groups in total. The third-order valence-corrected chi connectivity index (χ3v) is 5.87. The molecule has 1 aromatic heterocycles. The molecule has 0 aliphatic carbocycles. The lowest BCUT2D eigenvalue weighted by molar-refractivity contribution is -0.137. The van der Waals surface area contributed by atoms with E-state index in [1.54, 1.807) is 13.8 Å². The summed E-state index contributed by atoms with van der Waals surface area (Å²) in [7, 11) is -4.08. The fourth-order valence-corrected chi connectivity index (χ4v) is 3.77. The van der Waals surface area contributed by atoms with Crippen LogP contribution in [0.25, 0.3) is 5.69 Å². The van der Waals surface area contributed by atoms with Crippen LogP contribution in [0.2, 0.25) is 0 Å². The van der Waals surface area contributed by atoms with Crippen LogP contribution >= 0.6 is 0 Å². The van der Waals surface area contributed by atoms with Gasteiger partial charge in [-0.15, -0.1) is 0 Å². The molecule has 0 unspecified atom stereocenters. The van der Waals surface area contributed by atoms with Crippen molar-refractivity contribution in [1.82, 2.24) is 9.78 Å². The lowest BCUT2D eigenvalue weighted by atomic mass is 10.1. The molecule has 0 fully saturated rings. The molecule has 0 aliphatic rings. The number of rotatable bonds is 4. The SMILES string of the molecule is Cc1cc(S(N)(=O)=O)cc(NC(=O)c2nn(-c3ccccc3C(F)(F)F)c(C)cc2=O)c1C. The van der Waals surface area contributed by atoms with Gasteiger partial charge in [0.15, 0.2) is 5.69 Å². The van der Waals surface area contributed by atoms with Gasteiger partial charge < -0.3 is 5.32 Å². The van der Waals surface area contributed by atoms with Crippen LogP contribution in [0.1, 0.15) is 32.9 Å². The molecular formula is C21H19F3N4O4S. The molecule has 0 aliphatic heterocycles. The molecule has 0 saturated heterocycles. The summed E-state index contributed by atoms with van der Waals surface area (Å²) in [5.41, 5.74) is -1.69. The van der Waals surface area contributed by atoms with Gasteiger partial charge in [-0.2, -0.15) is 18.3 Å². The van der Waals surface area contributed by atoms with Crippen molar-refractivity contribution in [2.75, 3.05) is 5.32 Å². The molecular weight excluding hydrogens is 461 g/mol. The van der Waals surface area contributed by atoms with Gasteiger partial charge in [0.2, 0.25) is 15.5 Å². The Kier molecular flexibility index (Phi) is 6.18. The van der Waals surface area contributed by atoms with Gasteiger partial charge in [-0.1, -0.05) is 12.1 Å². The van der Waals surface area contributed by atoms with E-state index in [-0.39, 0.29) is 22.0 Å². The largest absolute Gasteiger partial charge is 0.418 e. The average molecular weight is 480 g/mol. The summed E-state index contributed by atoms with van der Waals surface area (Å²) in [5.74, 6) is -1.02. The van der Waals surface area contributed by atoms with Gasteiger partial charge in [-0.3, -0.25) is 9.59 Å². The van der Waals surface area contributed by atoms with E-state index < -0.39 is 38.8 Å². The Hall–Kier alpha value is -3.51. The minimum atomic E-state index is -4.70. The summed E-state index contributed by atoms with van der Waals surface area (Å²) >= 11 is 0. The number of primary sulfonamides is 1. The van der Waals surface area contributed by atoms with Gasteiger partial charge in [0, 0.05) is 17.4 Å². The molecule has 12 heteroatoms. The first kappa shape index (κ1) is 24.1. The molecule has 8 nitrogen and oxygen atoms in total. The molecule has 0 radical (unpaired) electrons. The van der Waals surface area contributed by atoms with Gasteiger partial charge in [-0.05, 0) is 56.2 Å². The minimum absolute atomic E-state index is 0.0630. The summed E-state index contributed by atoms with van der Waals surface area (Å²) in [6.45, 7) is 4.59. The van der Waals surface area contributed by atoms with E-state index >= 15 is 0 Å². The number of nitrogens with zero attached hydrogens (tertiary/aromatic N) is 2. The monoisotopic (exact) mass is 480 g/mol. The fourth-order valence-electron chi connectivity index (χ4n) is 3.15. The highest BCUT2D eigenvalue weighted by molar-refractivity contribution is 7.89. The van der Waals surface area contributed by atoms with Crippen LogP contribution in [0.3, 0.4) is 0 Å². The molecule has 3 aromatic rings. The summed E-state index contributed by atoms with van der Waals surface area (Å²) in [4.78, 5) is 25.0. The number of para-hydroxylation sites is 1. The summed E-state index contributed by atoms with van der Waals surface area (Å²) in [5, 5.41) is 11.5. The fraction of sp³-hybridized carbons (Fsp3) is 0.190. The molecule has 1 amide bonds. The number of hydrogen-bond acceptors (Lipinski definition) is 5. The molecule has 0 bridgehead atoms. The Morgan fingerprint density at radius 2 is 1.73 bits per heavy atom. The van der Waals surface area contributed by atoms with Crippen LogP contribution in [-0.4, -0.2) is 24.1 Å². The first-order valence-electron chi connectivity index (χ1n) is 9.43. The van der Waals surface area contributed by atoms with Crippen LogP contribution in [-0.2, 0) is 16.2 Å². The van der Waals surface area contributed by atoms with Crippen molar-refractivity contribution in [3.05, 3.63) is 80.8 Å². The number of halogens is 3. The minimum Gasteiger partial charge on any atom is -0.320 e. The maximum Gasteiger partial charge on any atom is 0.418 e. The molecule has 1 heterocycles. The number of carbonyl (C=O) groups excluding carboxylic acids is 1. The number of nitrogens with one attached hydrogen (secondary N) is 1. The van der Waals surface area contributed by atoms with E-state index in [9.17, 15) is 31.2 Å². The van der Waals surface area contributed by atoms with Crippen molar-refractivity contribution in [1.29, 1.82) is 0 Å². The van der Waals surface area contributed by atoms with E-state index in [0.29, 0.717) is 11.1 Å². The van der Waals surface area contributed by atoms with E-state index in [1.165, 1.54) is 25.1 Å². The van der Waals surface area contributed by atoms with Crippen molar-refractivity contribution in [3.63, 3.8) is 0 Å². The van der Waals surface area contributed by atoms with Crippen molar-refractivity contribution < 1.29 is 26.4 Å². The topological polar surface area (TPSA) is 124 Å². The predicted molar refractivity (Wildman–Crippen MR) is 115 cm³/mol. The number of amides is 1. The number of aromatic nitrogens is 2. The van der Waals surface area contributed by atoms with Crippen LogP contribution in [0.4, 0.5) is 18.9 Å². The lowest BCUT2D eigenvalue weighted by Gasteiger charge is -2.17. The van der Waals surface area contributed by atoms with Gasteiger partial charge in [0.1, 0.15) is 0 Å². The van der Waals surface area contributed by atoms with Crippen LogP contribution < -0.4 is 15.9 Å². The van der Waals surface area contributed by atoms with Crippen molar-refractivity contribution in [2.45, 2.75) is 31.8 Å². The van der Waals surface area contributed by atoms with E-state index in [4.69, 9.17) is 5.14 Å². The van der Waals surface area contributed by atoms with Gasteiger partial charge >= 0.3 is 6.18 Å². The van der Waals surface area contributed by atoms with Crippen molar-refractivity contribution in [2.24, 2.45) is 5.14 Å². The highest BCUT2D eigenvalue weighted by Gasteiger charge is 2.34. The number of nitrogens with two attached hydrogens (primary N) is 1. The second kappa shape index (κ2) is 8.45.